The Morgan fingerprint density at radius 3 is 1.23 bits per heavy atom. The molecule has 0 fully saturated rings. The van der Waals surface area contributed by atoms with Gasteiger partial charge in [0.1, 0.15) is 12.1 Å². The second-order valence-corrected chi connectivity index (χ2v) is 10.4. The molecule has 204 valence electrons. The number of pyridine rings is 1. The number of aromatic nitrogens is 1. The fourth-order valence-electron chi connectivity index (χ4n) is 5.73. The molecular formula is C39H28N4. The topological polar surface area (TPSA) is 63.7 Å². The van der Waals surface area contributed by atoms with Crippen LogP contribution in [-0.4, -0.2) is 4.98 Å². The van der Waals surface area contributed by atoms with Gasteiger partial charge < -0.3 is 4.90 Å². The number of anilines is 3. The van der Waals surface area contributed by atoms with Crippen molar-refractivity contribution in [3.8, 4) is 45.8 Å². The van der Waals surface area contributed by atoms with E-state index in [1.165, 1.54) is 0 Å². The lowest BCUT2D eigenvalue weighted by Gasteiger charge is -2.27. The molecule has 0 aliphatic heterocycles. The molecule has 0 aliphatic rings. The molecule has 0 N–H and O–H groups in total. The van der Waals surface area contributed by atoms with Crippen LogP contribution in [0.2, 0.25) is 0 Å². The number of aryl methyl sites for hydroxylation is 2. The van der Waals surface area contributed by atoms with Crippen LogP contribution in [0.3, 0.4) is 0 Å². The van der Waals surface area contributed by atoms with E-state index in [1.54, 1.807) is 0 Å². The van der Waals surface area contributed by atoms with E-state index in [0.717, 1.165) is 44.9 Å². The average molecular weight is 553 g/mol. The van der Waals surface area contributed by atoms with Crippen LogP contribution in [0, 0.1) is 36.5 Å². The highest BCUT2D eigenvalue weighted by molar-refractivity contribution is 5.92. The Labute approximate surface area is 252 Å². The van der Waals surface area contributed by atoms with Crippen molar-refractivity contribution in [1.29, 1.82) is 10.5 Å². The van der Waals surface area contributed by atoms with Gasteiger partial charge in [-0.25, -0.2) is 4.98 Å². The van der Waals surface area contributed by atoms with E-state index in [9.17, 15) is 10.5 Å². The Bertz CT molecular complexity index is 1850. The van der Waals surface area contributed by atoms with Crippen molar-refractivity contribution in [3.05, 3.63) is 156 Å². The summed E-state index contributed by atoms with van der Waals surface area (Å²) in [5.41, 5.74) is 10.1. The molecule has 5 aromatic carbocycles. The molecule has 4 heteroatoms. The van der Waals surface area contributed by atoms with Gasteiger partial charge in [-0.15, -0.1) is 0 Å². The number of para-hydroxylation sites is 2. The Hall–Kier alpha value is -5.97. The van der Waals surface area contributed by atoms with E-state index in [0.29, 0.717) is 28.1 Å². The first-order valence-electron chi connectivity index (χ1n) is 14.1. The number of rotatable bonds is 6. The van der Waals surface area contributed by atoms with Crippen molar-refractivity contribution in [2.75, 3.05) is 4.90 Å². The summed E-state index contributed by atoms with van der Waals surface area (Å²) in [5.74, 6) is 0. The zero-order chi connectivity index (χ0) is 29.8. The number of nitriles is 2. The standard InChI is InChI=1S/C39H28N4/c1-27-23-33(43(31-19-11-5-12-20-31)32-21-13-6-14-22-32)24-28(2)36(27)37-34(25-40)38(29-15-7-3-8-16-29)42-39(35(37)26-41)30-17-9-4-10-18-30/h3-24H,1-2H3. The van der Waals surface area contributed by atoms with Crippen molar-refractivity contribution in [2.24, 2.45) is 0 Å². The van der Waals surface area contributed by atoms with Gasteiger partial charge in [-0.1, -0.05) is 97.1 Å². The Morgan fingerprint density at radius 2 is 0.860 bits per heavy atom. The summed E-state index contributed by atoms with van der Waals surface area (Å²) in [6, 6.07) is 49.1. The lowest BCUT2D eigenvalue weighted by Crippen LogP contribution is -2.11. The van der Waals surface area contributed by atoms with Crippen molar-refractivity contribution < 1.29 is 0 Å². The minimum Gasteiger partial charge on any atom is -0.310 e. The third kappa shape index (κ3) is 5.15. The summed E-state index contributed by atoms with van der Waals surface area (Å²) in [6.45, 7) is 4.10. The highest BCUT2D eigenvalue weighted by Gasteiger charge is 2.26. The predicted octanol–water partition coefficient (Wildman–Crippen LogP) is 9.91. The summed E-state index contributed by atoms with van der Waals surface area (Å²) < 4.78 is 0. The lowest BCUT2D eigenvalue weighted by molar-refractivity contribution is 1.24. The van der Waals surface area contributed by atoms with E-state index < -0.39 is 0 Å². The Kier molecular flexibility index (Phi) is 7.51. The van der Waals surface area contributed by atoms with E-state index in [2.05, 4.69) is 53.4 Å². The minimum atomic E-state index is 0.393. The third-order valence-electron chi connectivity index (χ3n) is 7.57. The van der Waals surface area contributed by atoms with Gasteiger partial charge in [0.05, 0.1) is 22.5 Å². The molecule has 0 aliphatic carbocycles. The molecule has 0 saturated heterocycles. The van der Waals surface area contributed by atoms with Crippen molar-refractivity contribution >= 4 is 17.1 Å². The molecular weight excluding hydrogens is 524 g/mol. The Morgan fingerprint density at radius 1 is 0.488 bits per heavy atom. The highest BCUT2D eigenvalue weighted by atomic mass is 15.1. The smallest absolute Gasteiger partial charge is 0.102 e. The largest absolute Gasteiger partial charge is 0.310 e. The normalized spacial score (nSPS) is 10.5. The van der Waals surface area contributed by atoms with Gasteiger partial charge in [-0.3, -0.25) is 0 Å². The van der Waals surface area contributed by atoms with Gasteiger partial charge in [0.25, 0.3) is 0 Å². The molecule has 4 nitrogen and oxygen atoms in total. The predicted molar refractivity (Wildman–Crippen MR) is 174 cm³/mol. The molecule has 0 amide bonds. The van der Waals surface area contributed by atoms with Crippen molar-refractivity contribution in [3.63, 3.8) is 0 Å². The van der Waals surface area contributed by atoms with Crippen LogP contribution >= 0.6 is 0 Å². The molecule has 0 spiro atoms. The quantitative estimate of drug-likeness (QED) is 0.206. The number of nitrogens with zero attached hydrogens (tertiary/aromatic N) is 4. The first kappa shape index (κ1) is 27.2. The lowest BCUT2D eigenvalue weighted by atomic mass is 9.85. The first-order chi connectivity index (χ1) is 21.1. The molecule has 1 aromatic heterocycles. The van der Waals surface area contributed by atoms with Crippen LogP contribution in [0.1, 0.15) is 22.3 Å². The molecule has 0 unspecified atom stereocenters. The molecule has 0 saturated carbocycles. The number of benzene rings is 5. The van der Waals surface area contributed by atoms with Gasteiger partial charge in [-0.05, 0) is 66.9 Å². The molecule has 0 radical (unpaired) electrons. The van der Waals surface area contributed by atoms with E-state index in [1.807, 2.05) is 111 Å². The SMILES string of the molecule is Cc1cc(N(c2ccccc2)c2ccccc2)cc(C)c1-c1c(C#N)c(-c2ccccc2)nc(-c2ccccc2)c1C#N. The Balaban J connectivity index is 1.64. The zero-order valence-electron chi connectivity index (χ0n) is 24.0. The van der Waals surface area contributed by atoms with Gasteiger partial charge in [0.2, 0.25) is 0 Å². The maximum atomic E-state index is 10.6. The highest BCUT2D eigenvalue weighted by Crippen LogP contribution is 2.43. The number of hydrogen-bond acceptors (Lipinski definition) is 4. The van der Waals surface area contributed by atoms with Gasteiger partial charge >= 0.3 is 0 Å². The zero-order valence-corrected chi connectivity index (χ0v) is 24.0. The van der Waals surface area contributed by atoms with E-state index in [4.69, 9.17) is 4.98 Å². The second kappa shape index (κ2) is 11.9. The molecule has 1 heterocycles. The van der Waals surface area contributed by atoms with Crippen molar-refractivity contribution in [1.82, 2.24) is 4.98 Å². The first-order valence-corrected chi connectivity index (χ1v) is 14.1. The van der Waals surface area contributed by atoms with Crippen LogP contribution in [0.5, 0.6) is 0 Å². The average Bonchev–Trinajstić information content (AvgIpc) is 3.06. The second-order valence-electron chi connectivity index (χ2n) is 10.4. The van der Waals surface area contributed by atoms with E-state index >= 15 is 0 Å². The van der Waals surface area contributed by atoms with Crippen LogP contribution in [-0.2, 0) is 0 Å². The molecule has 6 aromatic rings. The summed E-state index contributed by atoms with van der Waals surface area (Å²) in [4.78, 5) is 7.19. The van der Waals surface area contributed by atoms with Crippen molar-refractivity contribution in [2.45, 2.75) is 13.8 Å². The van der Waals surface area contributed by atoms with Crippen LogP contribution < -0.4 is 4.90 Å². The molecule has 6 rings (SSSR count). The van der Waals surface area contributed by atoms with Crippen LogP contribution in [0.4, 0.5) is 17.1 Å². The summed E-state index contributed by atoms with van der Waals surface area (Å²) >= 11 is 0. The fourth-order valence-corrected chi connectivity index (χ4v) is 5.73. The van der Waals surface area contributed by atoms with Crippen LogP contribution in [0.25, 0.3) is 33.6 Å². The fraction of sp³-hybridized carbons (Fsp3) is 0.0513. The minimum absolute atomic E-state index is 0.393. The van der Waals surface area contributed by atoms with Crippen LogP contribution in [0.15, 0.2) is 133 Å². The van der Waals surface area contributed by atoms with Gasteiger partial charge in [0, 0.05) is 33.8 Å². The maximum absolute atomic E-state index is 10.6. The van der Waals surface area contributed by atoms with Gasteiger partial charge in [-0.2, -0.15) is 10.5 Å². The number of hydrogen-bond donors (Lipinski definition) is 0. The summed E-state index contributed by atoms with van der Waals surface area (Å²) in [7, 11) is 0. The maximum Gasteiger partial charge on any atom is 0.102 e. The molecule has 0 atom stereocenters. The molecule has 0 bridgehead atoms. The summed E-state index contributed by atoms with van der Waals surface area (Å²) in [6.07, 6.45) is 0. The molecule has 43 heavy (non-hydrogen) atoms. The van der Waals surface area contributed by atoms with Gasteiger partial charge in [0.15, 0.2) is 0 Å². The summed E-state index contributed by atoms with van der Waals surface area (Å²) in [5, 5.41) is 21.2. The van der Waals surface area contributed by atoms with E-state index in [-0.39, 0.29) is 0 Å². The third-order valence-corrected chi connectivity index (χ3v) is 7.57. The monoisotopic (exact) mass is 552 g/mol.